The summed E-state index contributed by atoms with van der Waals surface area (Å²) in [5.41, 5.74) is 0. The number of hydrogen-bond donors (Lipinski definition) is 1. The van der Waals surface area contributed by atoms with Crippen LogP contribution in [-0.4, -0.2) is 38.8 Å². The minimum atomic E-state index is -0.121. The van der Waals surface area contributed by atoms with E-state index in [-0.39, 0.29) is 6.10 Å². The van der Waals surface area contributed by atoms with Gasteiger partial charge in [-0.3, -0.25) is 4.90 Å². The van der Waals surface area contributed by atoms with Crippen LogP contribution >= 0.6 is 0 Å². The molecule has 1 N–H and O–H groups in total. The fourth-order valence-corrected chi connectivity index (χ4v) is 3.73. The van der Waals surface area contributed by atoms with Gasteiger partial charge in [-0.15, -0.1) is 0 Å². The molecule has 19 heavy (non-hydrogen) atoms. The van der Waals surface area contributed by atoms with E-state index >= 15 is 0 Å². The van der Waals surface area contributed by atoms with E-state index in [0.29, 0.717) is 12.0 Å². The Morgan fingerprint density at radius 3 is 2.84 bits per heavy atom. The van der Waals surface area contributed by atoms with Crippen molar-refractivity contribution in [3.8, 4) is 0 Å². The minimum Gasteiger partial charge on any atom is -0.393 e. The number of piperidine rings is 1. The average molecular weight is 265 g/mol. The minimum absolute atomic E-state index is 0.121. The molecule has 2 fully saturated rings. The van der Waals surface area contributed by atoms with Gasteiger partial charge in [-0.05, 0) is 32.2 Å². The summed E-state index contributed by atoms with van der Waals surface area (Å²) in [6.45, 7) is 1.84. The van der Waals surface area contributed by atoms with E-state index < -0.39 is 0 Å². The molecule has 1 aliphatic carbocycles. The van der Waals surface area contributed by atoms with Crippen LogP contribution in [0.5, 0.6) is 0 Å². The summed E-state index contributed by atoms with van der Waals surface area (Å²) in [7, 11) is 0. The smallest absolute Gasteiger partial charge is 0.213 e. The Morgan fingerprint density at radius 2 is 2.05 bits per heavy atom. The zero-order valence-corrected chi connectivity index (χ0v) is 11.4. The van der Waals surface area contributed by atoms with Gasteiger partial charge in [-0.1, -0.05) is 24.4 Å². The lowest BCUT2D eigenvalue weighted by molar-refractivity contribution is -0.00964. The molecule has 1 saturated carbocycles. The van der Waals surface area contributed by atoms with Gasteiger partial charge in [0.05, 0.1) is 12.6 Å². The molecule has 106 valence electrons. The summed E-state index contributed by atoms with van der Waals surface area (Å²) < 4.78 is 4.82. The Kier molecular flexibility index (Phi) is 4.13. The summed E-state index contributed by atoms with van der Waals surface area (Å²) >= 11 is 0. The number of nitrogens with zero attached hydrogens (tertiary/aromatic N) is 3. The fraction of sp³-hybridized carbons (Fsp3) is 0.857. The van der Waals surface area contributed by atoms with Crippen molar-refractivity contribution in [1.29, 1.82) is 0 Å². The number of rotatable bonds is 3. The van der Waals surface area contributed by atoms with Crippen LogP contribution in [-0.2, 0) is 6.54 Å². The van der Waals surface area contributed by atoms with Crippen LogP contribution in [0, 0.1) is 5.92 Å². The van der Waals surface area contributed by atoms with Crippen LogP contribution in [0.3, 0.4) is 0 Å². The van der Waals surface area contributed by atoms with E-state index in [0.717, 1.165) is 31.8 Å². The maximum Gasteiger partial charge on any atom is 0.213 e. The van der Waals surface area contributed by atoms with Crippen molar-refractivity contribution in [1.82, 2.24) is 15.0 Å². The summed E-state index contributed by atoms with van der Waals surface area (Å²) in [6, 6.07) is 0.488. The first-order valence-electron chi connectivity index (χ1n) is 7.52. The van der Waals surface area contributed by atoms with Gasteiger partial charge in [0.1, 0.15) is 0 Å². The predicted molar refractivity (Wildman–Crippen MR) is 70.3 cm³/mol. The molecule has 0 bridgehead atoms. The summed E-state index contributed by atoms with van der Waals surface area (Å²) in [4.78, 5) is 6.58. The van der Waals surface area contributed by atoms with Crippen LogP contribution in [0.15, 0.2) is 10.9 Å². The van der Waals surface area contributed by atoms with Crippen molar-refractivity contribution in [2.45, 2.75) is 63.6 Å². The topological polar surface area (TPSA) is 62.4 Å². The number of hydrogen-bond acceptors (Lipinski definition) is 5. The SMILES string of the molecule is OC1CCCCC1C1CCCCN1Cc1ncon1. The number of aliphatic hydroxyl groups excluding tert-OH is 1. The number of aliphatic hydroxyl groups is 1. The molecule has 5 nitrogen and oxygen atoms in total. The van der Waals surface area contributed by atoms with E-state index in [1.54, 1.807) is 0 Å². The third-order valence-electron chi connectivity index (χ3n) is 4.69. The van der Waals surface area contributed by atoms with Crippen molar-refractivity contribution in [2.24, 2.45) is 5.92 Å². The van der Waals surface area contributed by atoms with Gasteiger partial charge < -0.3 is 9.63 Å². The molecule has 1 aromatic heterocycles. The van der Waals surface area contributed by atoms with E-state index in [4.69, 9.17) is 4.52 Å². The van der Waals surface area contributed by atoms with Crippen molar-refractivity contribution in [3.63, 3.8) is 0 Å². The van der Waals surface area contributed by atoms with Crippen LogP contribution in [0.25, 0.3) is 0 Å². The zero-order chi connectivity index (χ0) is 13.1. The van der Waals surface area contributed by atoms with E-state index in [2.05, 4.69) is 15.0 Å². The highest BCUT2D eigenvalue weighted by molar-refractivity contribution is 4.91. The molecule has 2 aliphatic rings. The van der Waals surface area contributed by atoms with Gasteiger partial charge >= 0.3 is 0 Å². The summed E-state index contributed by atoms with van der Waals surface area (Å²) in [5.74, 6) is 1.19. The largest absolute Gasteiger partial charge is 0.393 e. The third kappa shape index (κ3) is 2.98. The predicted octanol–water partition coefficient (Wildman–Crippen LogP) is 1.98. The quantitative estimate of drug-likeness (QED) is 0.905. The van der Waals surface area contributed by atoms with Gasteiger partial charge in [-0.2, -0.15) is 4.98 Å². The van der Waals surface area contributed by atoms with E-state index in [9.17, 15) is 5.11 Å². The molecular formula is C14H23N3O2. The van der Waals surface area contributed by atoms with E-state index in [1.807, 2.05) is 0 Å². The molecular weight excluding hydrogens is 242 g/mol. The van der Waals surface area contributed by atoms with Gasteiger partial charge in [0.15, 0.2) is 5.82 Å². The normalized spacial score (nSPS) is 33.4. The van der Waals surface area contributed by atoms with Crippen LogP contribution < -0.4 is 0 Å². The highest BCUT2D eigenvalue weighted by Gasteiger charge is 2.35. The van der Waals surface area contributed by atoms with Crippen molar-refractivity contribution < 1.29 is 9.63 Å². The van der Waals surface area contributed by atoms with Crippen LogP contribution in [0.4, 0.5) is 0 Å². The maximum atomic E-state index is 10.3. The summed E-state index contributed by atoms with van der Waals surface area (Å²) in [5, 5.41) is 14.2. The Labute approximate surface area is 114 Å². The van der Waals surface area contributed by atoms with Gasteiger partial charge in [0.2, 0.25) is 6.39 Å². The lowest BCUT2D eigenvalue weighted by Gasteiger charge is -2.43. The Morgan fingerprint density at radius 1 is 1.21 bits per heavy atom. The van der Waals surface area contributed by atoms with Crippen LogP contribution in [0.2, 0.25) is 0 Å². The zero-order valence-electron chi connectivity index (χ0n) is 11.4. The first kappa shape index (κ1) is 13.1. The summed E-state index contributed by atoms with van der Waals surface area (Å²) in [6.07, 6.45) is 9.54. The van der Waals surface area contributed by atoms with Crippen molar-refractivity contribution in [3.05, 3.63) is 12.2 Å². The first-order valence-corrected chi connectivity index (χ1v) is 7.52. The molecule has 3 atom stereocenters. The first-order chi connectivity index (χ1) is 9.34. The lowest BCUT2D eigenvalue weighted by Crippen LogP contribution is -2.48. The Hall–Kier alpha value is -0.940. The molecule has 1 aliphatic heterocycles. The number of likely N-dealkylation sites (tertiary alicyclic amines) is 1. The maximum absolute atomic E-state index is 10.3. The Balaban J connectivity index is 1.69. The molecule has 0 aromatic carbocycles. The highest BCUT2D eigenvalue weighted by atomic mass is 16.5. The van der Waals surface area contributed by atoms with Gasteiger partial charge in [0.25, 0.3) is 0 Å². The fourth-order valence-electron chi connectivity index (χ4n) is 3.73. The van der Waals surface area contributed by atoms with Gasteiger partial charge in [-0.25, -0.2) is 0 Å². The second kappa shape index (κ2) is 6.01. The third-order valence-corrected chi connectivity index (χ3v) is 4.69. The molecule has 3 rings (SSSR count). The molecule has 1 saturated heterocycles. The molecule has 0 radical (unpaired) electrons. The monoisotopic (exact) mass is 265 g/mol. The number of aromatic nitrogens is 2. The molecule has 1 aromatic rings. The molecule has 5 heteroatoms. The van der Waals surface area contributed by atoms with Crippen molar-refractivity contribution >= 4 is 0 Å². The molecule has 0 spiro atoms. The lowest BCUT2D eigenvalue weighted by atomic mass is 9.78. The van der Waals surface area contributed by atoms with Gasteiger partial charge in [0, 0.05) is 12.0 Å². The Bertz CT molecular complexity index is 382. The molecule has 3 unspecified atom stereocenters. The van der Waals surface area contributed by atoms with E-state index in [1.165, 1.54) is 38.5 Å². The second-order valence-corrected chi connectivity index (χ2v) is 5.90. The van der Waals surface area contributed by atoms with Crippen LogP contribution in [0.1, 0.15) is 50.8 Å². The van der Waals surface area contributed by atoms with Crippen molar-refractivity contribution in [2.75, 3.05) is 6.54 Å². The molecule has 2 heterocycles. The highest BCUT2D eigenvalue weighted by Crippen LogP contribution is 2.34. The average Bonchev–Trinajstić information content (AvgIpc) is 2.93. The standard InChI is InChI=1S/C14H23N3O2/c18-13-7-2-1-5-11(13)12-6-3-4-8-17(12)9-14-15-10-19-16-14/h10-13,18H,1-9H2. The second-order valence-electron chi connectivity index (χ2n) is 5.90. The molecule has 0 amide bonds.